The SMILES string of the molecule is CCCCCCCCCCCCN1C=CN(c2ccccc2)C1CCCCCCCCCCC. The van der Waals surface area contributed by atoms with Crippen molar-refractivity contribution >= 4 is 5.69 Å². The van der Waals surface area contributed by atoms with Crippen molar-refractivity contribution in [3.63, 3.8) is 0 Å². The number of benzene rings is 1. The van der Waals surface area contributed by atoms with E-state index in [-0.39, 0.29) is 0 Å². The number of anilines is 1. The summed E-state index contributed by atoms with van der Waals surface area (Å²) in [6.45, 7) is 5.81. The first-order valence-corrected chi connectivity index (χ1v) is 15.1. The lowest BCUT2D eigenvalue weighted by Gasteiger charge is -2.33. The molecule has 0 spiro atoms. The molecule has 1 heterocycles. The molecule has 1 unspecified atom stereocenters. The van der Waals surface area contributed by atoms with Gasteiger partial charge in [-0.05, 0) is 31.4 Å². The van der Waals surface area contributed by atoms with Crippen LogP contribution in [0.15, 0.2) is 42.7 Å². The lowest BCUT2D eigenvalue weighted by Crippen LogP contribution is -2.39. The minimum atomic E-state index is 0.505. The maximum absolute atomic E-state index is 2.63. The maximum Gasteiger partial charge on any atom is 0.105 e. The van der Waals surface area contributed by atoms with Gasteiger partial charge in [0.05, 0.1) is 0 Å². The van der Waals surface area contributed by atoms with Gasteiger partial charge in [-0.25, -0.2) is 0 Å². The van der Waals surface area contributed by atoms with Crippen LogP contribution in [0.5, 0.6) is 0 Å². The average molecular weight is 469 g/mol. The fourth-order valence-electron chi connectivity index (χ4n) is 5.32. The Morgan fingerprint density at radius 1 is 0.529 bits per heavy atom. The first-order valence-electron chi connectivity index (χ1n) is 15.1. The van der Waals surface area contributed by atoms with E-state index in [1.54, 1.807) is 0 Å². The van der Waals surface area contributed by atoms with Crippen LogP contribution in [0.2, 0.25) is 0 Å². The molecule has 194 valence electrons. The number of hydrogen-bond donors (Lipinski definition) is 0. The summed E-state index contributed by atoms with van der Waals surface area (Å²) in [4.78, 5) is 5.14. The molecular formula is C32H56N2. The number of rotatable bonds is 22. The van der Waals surface area contributed by atoms with Gasteiger partial charge >= 0.3 is 0 Å². The first kappa shape index (κ1) is 28.8. The van der Waals surface area contributed by atoms with Crippen LogP contribution >= 0.6 is 0 Å². The van der Waals surface area contributed by atoms with Crippen molar-refractivity contribution in [2.75, 3.05) is 11.4 Å². The van der Waals surface area contributed by atoms with Gasteiger partial charge in [0, 0.05) is 24.6 Å². The lowest BCUT2D eigenvalue weighted by molar-refractivity contribution is 0.273. The highest BCUT2D eigenvalue weighted by Gasteiger charge is 2.26. The van der Waals surface area contributed by atoms with Crippen LogP contribution in [0.1, 0.15) is 142 Å². The third-order valence-electron chi connectivity index (χ3n) is 7.51. The van der Waals surface area contributed by atoms with Crippen LogP contribution in [0.25, 0.3) is 0 Å². The molecule has 1 aromatic rings. The Morgan fingerprint density at radius 3 is 1.53 bits per heavy atom. The van der Waals surface area contributed by atoms with Crippen LogP contribution in [0.4, 0.5) is 5.69 Å². The van der Waals surface area contributed by atoms with E-state index in [0.717, 1.165) is 0 Å². The number of unbranched alkanes of at least 4 members (excludes halogenated alkanes) is 17. The second kappa shape index (κ2) is 19.8. The Hall–Kier alpha value is -1.44. The van der Waals surface area contributed by atoms with Crippen molar-refractivity contribution < 1.29 is 0 Å². The van der Waals surface area contributed by atoms with Crippen LogP contribution in [-0.2, 0) is 0 Å². The zero-order valence-electron chi connectivity index (χ0n) is 22.9. The predicted molar refractivity (Wildman–Crippen MR) is 152 cm³/mol. The highest BCUT2D eigenvalue weighted by atomic mass is 15.4. The average Bonchev–Trinajstić information content (AvgIpc) is 3.27. The molecular weight excluding hydrogens is 412 g/mol. The normalized spacial score (nSPS) is 15.5. The van der Waals surface area contributed by atoms with Gasteiger partial charge in [0.25, 0.3) is 0 Å². The minimum absolute atomic E-state index is 0.505. The molecule has 0 N–H and O–H groups in total. The highest BCUT2D eigenvalue weighted by molar-refractivity contribution is 5.51. The molecule has 2 heteroatoms. The first-order chi connectivity index (χ1) is 16.9. The standard InChI is InChI=1S/C32H56N2/c1-3-5-7-9-11-13-15-17-19-24-28-33-29-30-34(31-25-21-20-22-26-31)32(33)27-23-18-16-14-12-10-8-6-4-2/h20-22,25-26,29-30,32H,3-19,23-24,27-28H2,1-2H3. The summed E-state index contributed by atoms with van der Waals surface area (Å²) in [5.41, 5.74) is 1.34. The molecule has 0 saturated carbocycles. The fourth-order valence-corrected chi connectivity index (χ4v) is 5.32. The van der Waals surface area contributed by atoms with Crippen molar-refractivity contribution in [2.45, 2.75) is 148 Å². The Labute approximate surface area is 213 Å². The summed E-state index contributed by atoms with van der Waals surface area (Å²) in [5.74, 6) is 0. The molecule has 2 nitrogen and oxygen atoms in total. The Kier molecular flexibility index (Phi) is 16.8. The molecule has 2 rings (SSSR count). The van der Waals surface area contributed by atoms with Crippen molar-refractivity contribution in [3.8, 4) is 0 Å². The smallest absolute Gasteiger partial charge is 0.105 e. The molecule has 1 aromatic carbocycles. The summed E-state index contributed by atoms with van der Waals surface area (Å²) in [6, 6.07) is 11.0. The monoisotopic (exact) mass is 468 g/mol. The summed E-state index contributed by atoms with van der Waals surface area (Å²) in [6.07, 6.45) is 33.2. The lowest BCUT2D eigenvalue weighted by atomic mass is 10.0. The number of para-hydroxylation sites is 1. The van der Waals surface area contributed by atoms with Crippen molar-refractivity contribution in [3.05, 3.63) is 42.7 Å². The molecule has 0 saturated heterocycles. The second-order valence-corrected chi connectivity index (χ2v) is 10.6. The van der Waals surface area contributed by atoms with E-state index < -0.39 is 0 Å². The van der Waals surface area contributed by atoms with Crippen LogP contribution in [-0.4, -0.2) is 17.6 Å². The summed E-state index contributed by atoms with van der Waals surface area (Å²) < 4.78 is 0. The van der Waals surface area contributed by atoms with E-state index in [1.165, 1.54) is 141 Å². The van der Waals surface area contributed by atoms with Crippen LogP contribution in [0.3, 0.4) is 0 Å². The number of hydrogen-bond acceptors (Lipinski definition) is 2. The maximum atomic E-state index is 2.63. The predicted octanol–water partition coefficient (Wildman–Crippen LogP) is 10.4. The molecule has 0 aromatic heterocycles. The second-order valence-electron chi connectivity index (χ2n) is 10.6. The topological polar surface area (TPSA) is 6.48 Å². The molecule has 0 amide bonds. The Bertz CT molecular complexity index is 596. The molecule has 0 bridgehead atoms. The third-order valence-corrected chi connectivity index (χ3v) is 7.51. The molecule has 1 atom stereocenters. The van der Waals surface area contributed by atoms with Gasteiger partial charge in [0.2, 0.25) is 0 Å². The van der Waals surface area contributed by atoms with E-state index in [2.05, 4.69) is 66.4 Å². The van der Waals surface area contributed by atoms with E-state index in [4.69, 9.17) is 0 Å². The molecule has 34 heavy (non-hydrogen) atoms. The largest absolute Gasteiger partial charge is 0.356 e. The molecule has 0 aliphatic carbocycles. The van der Waals surface area contributed by atoms with Crippen molar-refractivity contribution in [1.29, 1.82) is 0 Å². The Morgan fingerprint density at radius 2 is 1.00 bits per heavy atom. The zero-order valence-corrected chi connectivity index (χ0v) is 22.9. The molecule has 0 fully saturated rings. The van der Waals surface area contributed by atoms with Gasteiger partial charge in [-0.15, -0.1) is 0 Å². The van der Waals surface area contributed by atoms with E-state index in [0.29, 0.717) is 6.17 Å². The van der Waals surface area contributed by atoms with Gasteiger partial charge in [-0.2, -0.15) is 0 Å². The molecule has 0 radical (unpaired) electrons. The van der Waals surface area contributed by atoms with E-state index in [1.807, 2.05) is 0 Å². The van der Waals surface area contributed by atoms with Crippen LogP contribution in [0, 0.1) is 0 Å². The summed E-state index contributed by atoms with van der Waals surface area (Å²) in [5, 5.41) is 0. The quantitative estimate of drug-likeness (QED) is 0.156. The third kappa shape index (κ3) is 12.3. The van der Waals surface area contributed by atoms with Crippen molar-refractivity contribution in [1.82, 2.24) is 4.90 Å². The summed E-state index contributed by atoms with van der Waals surface area (Å²) in [7, 11) is 0. The van der Waals surface area contributed by atoms with Crippen molar-refractivity contribution in [2.24, 2.45) is 0 Å². The van der Waals surface area contributed by atoms with Gasteiger partial charge in [0.1, 0.15) is 6.17 Å². The van der Waals surface area contributed by atoms with E-state index in [9.17, 15) is 0 Å². The van der Waals surface area contributed by atoms with Gasteiger partial charge < -0.3 is 9.80 Å². The fraction of sp³-hybridized carbons (Fsp3) is 0.750. The van der Waals surface area contributed by atoms with Gasteiger partial charge in [-0.1, -0.05) is 141 Å². The van der Waals surface area contributed by atoms with Gasteiger partial charge in [-0.3, -0.25) is 0 Å². The Balaban J connectivity index is 1.65. The van der Waals surface area contributed by atoms with Crippen LogP contribution < -0.4 is 4.90 Å². The van der Waals surface area contributed by atoms with E-state index >= 15 is 0 Å². The summed E-state index contributed by atoms with van der Waals surface area (Å²) >= 11 is 0. The zero-order chi connectivity index (χ0) is 24.1. The van der Waals surface area contributed by atoms with Gasteiger partial charge in [0.15, 0.2) is 0 Å². The highest BCUT2D eigenvalue weighted by Crippen LogP contribution is 2.28. The number of nitrogens with zero attached hydrogens (tertiary/aromatic N) is 2. The molecule has 1 aliphatic heterocycles. The minimum Gasteiger partial charge on any atom is -0.356 e. The molecule has 1 aliphatic rings.